The van der Waals surface area contributed by atoms with Crippen molar-refractivity contribution >= 4 is 5.69 Å². The lowest BCUT2D eigenvalue weighted by atomic mass is 10.1. The fraction of sp³-hybridized carbons (Fsp3) is 0.571. The minimum absolute atomic E-state index is 0.0859. The highest BCUT2D eigenvalue weighted by Crippen LogP contribution is 2.29. The molecule has 0 saturated carbocycles. The predicted molar refractivity (Wildman–Crippen MR) is 72.9 cm³/mol. The molecule has 0 spiro atoms. The molecular formula is C14H23NO3. The molecule has 0 aliphatic heterocycles. The van der Waals surface area contributed by atoms with Crippen LogP contribution >= 0.6 is 0 Å². The number of hydrogen-bond donors (Lipinski definition) is 3. The molecule has 4 nitrogen and oxygen atoms in total. The minimum atomic E-state index is -0.680. The van der Waals surface area contributed by atoms with Gasteiger partial charge in [-0.15, -0.1) is 0 Å². The zero-order valence-electron chi connectivity index (χ0n) is 11.1. The van der Waals surface area contributed by atoms with Gasteiger partial charge in [0.15, 0.2) is 0 Å². The normalized spacial score (nSPS) is 12.4. The number of nitrogens with zero attached hydrogens (tertiary/aromatic N) is 1. The van der Waals surface area contributed by atoms with E-state index in [1.807, 2.05) is 11.0 Å². The number of phenolic OH excluding ortho intramolecular Hbond substituents is 1. The third-order valence-electron chi connectivity index (χ3n) is 2.98. The molecule has 0 heterocycles. The molecule has 0 aliphatic rings. The van der Waals surface area contributed by atoms with Crippen molar-refractivity contribution in [1.29, 1.82) is 0 Å². The molecule has 0 radical (unpaired) electrons. The number of aliphatic hydroxyl groups is 2. The molecule has 3 N–H and O–H groups in total. The van der Waals surface area contributed by atoms with Crippen molar-refractivity contribution in [3.05, 3.63) is 23.8 Å². The molecule has 0 aliphatic carbocycles. The Morgan fingerprint density at radius 2 is 2.00 bits per heavy atom. The molecule has 1 aromatic rings. The zero-order valence-corrected chi connectivity index (χ0v) is 11.1. The number of hydrogen-bond acceptors (Lipinski definition) is 4. The summed E-state index contributed by atoms with van der Waals surface area (Å²) >= 11 is 0. The number of benzene rings is 1. The summed E-state index contributed by atoms with van der Waals surface area (Å²) in [6.45, 7) is 5.23. The molecule has 0 amide bonds. The largest absolute Gasteiger partial charge is 0.507 e. The lowest BCUT2D eigenvalue weighted by Crippen LogP contribution is -2.27. The highest BCUT2D eigenvalue weighted by atomic mass is 16.3. The maximum atomic E-state index is 9.86. The molecule has 1 aromatic carbocycles. The smallest absolute Gasteiger partial charge is 0.123 e. The molecule has 4 heteroatoms. The molecule has 0 bridgehead atoms. The molecule has 0 fully saturated rings. The first-order valence-corrected chi connectivity index (χ1v) is 6.47. The van der Waals surface area contributed by atoms with E-state index in [0.717, 1.165) is 25.1 Å². The molecule has 1 atom stereocenters. The second kappa shape index (κ2) is 7.24. The van der Waals surface area contributed by atoms with Crippen molar-refractivity contribution in [1.82, 2.24) is 0 Å². The Bertz CT molecular complexity index is 366. The summed E-state index contributed by atoms with van der Waals surface area (Å²) in [5.74, 6) is 0.0990. The lowest BCUT2D eigenvalue weighted by Gasteiger charge is -2.24. The van der Waals surface area contributed by atoms with Gasteiger partial charge in [-0.25, -0.2) is 0 Å². The van der Waals surface area contributed by atoms with E-state index in [1.165, 1.54) is 0 Å². The van der Waals surface area contributed by atoms with Crippen molar-refractivity contribution in [3.8, 4) is 5.75 Å². The molecule has 0 aromatic heterocycles. The number of aromatic hydroxyl groups is 1. The highest BCUT2D eigenvalue weighted by Gasteiger charge is 2.11. The van der Waals surface area contributed by atoms with E-state index in [4.69, 9.17) is 5.11 Å². The van der Waals surface area contributed by atoms with E-state index in [-0.39, 0.29) is 12.4 Å². The maximum Gasteiger partial charge on any atom is 0.123 e. The van der Waals surface area contributed by atoms with E-state index in [1.54, 1.807) is 19.1 Å². The van der Waals surface area contributed by atoms with E-state index in [9.17, 15) is 10.2 Å². The summed E-state index contributed by atoms with van der Waals surface area (Å²) in [7, 11) is 0. The van der Waals surface area contributed by atoms with Crippen LogP contribution in [-0.2, 0) is 0 Å². The fourth-order valence-electron chi connectivity index (χ4n) is 1.92. The van der Waals surface area contributed by atoms with Gasteiger partial charge in [-0.05, 0) is 19.4 Å². The molecular weight excluding hydrogens is 230 g/mol. The molecule has 18 heavy (non-hydrogen) atoms. The van der Waals surface area contributed by atoms with Crippen LogP contribution in [0, 0.1) is 0 Å². The van der Waals surface area contributed by atoms with Gasteiger partial charge in [0.2, 0.25) is 0 Å². The number of phenols is 1. The van der Waals surface area contributed by atoms with Crippen LogP contribution in [0.1, 0.15) is 38.4 Å². The van der Waals surface area contributed by atoms with Crippen LogP contribution in [0.25, 0.3) is 0 Å². The van der Waals surface area contributed by atoms with Crippen LogP contribution in [0.2, 0.25) is 0 Å². The SMILES string of the molecule is CCCCN(CCO)c1ccc(C(C)O)c(O)c1. The first kappa shape index (κ1) is 14.8. The Labute approximate surface area is 108 Å². The molecule has 0 saturated heterocycles. The van der Waals surface area contributed by atoms with Gasteiger partial charge in [0, 0.05) is 30.4 Å². The third-order valence-corrected chi connectivity index (χ3v) is 2.98. The van der Waals surface area contributed by atoms with Gasteiger partial charge in [-0.1, -0.05) is 19.4 Å². The number of rotatable bonds is 7. The number of aliphatic hydroxyl groups excluding tert-OH is 2. The van der Waals surface area contributed by atoms with Gasteiger partial charge < -0.3 is 20.2 Å². The van der Waals surface area contributed by atoms with Gasteiger partial charge in [0.1, 0.15) is 5.75 Å². The Balaban J connectivity index is 2.88. The van der Waals surface area contributed by atoms with E-state index >= 15 is 0 Å². The molecule has 1 unspecified atom stereocenters. The summed E-state index contributed by atoms with van der Waals surface area (Å²) in [6.07, 6.45) is 1.44. The standard InChI is InChI=1S/C14H23NO3/c1-3-4-7-15(8-9-16)12-5-6-13(11(2)17)14(18)10-12/h5-6,10-11,16-18H,3-4,7-9H2,1-2H3. The predicted octanol–water partition coefficient (Wildman–Crippen LogP) is 2.04. The van der Waals surface area contributed by atoms with Crippen LogP contribution in [0.4, 0.5) is 5.69 Å². The van der Waals surface area contributed by atoms with Crippen molar-refractivity contribution in [2.45, 2.75) is 32.8 Å². The van der Waals surface area contributed by atoms with Crippen molar-refractivity contribution in [3.63, 3.8) is 0 Å². The van der Waals surface area contributed by atoms with Gasteiger partial charge in [-0.3, -0.25) is 0 Å². The van der Waals surface area contributed by atoms with Crippen molar-refractivity contribution in [2.24, 2.45) is 0 Å². The van der Waals surface area contributed by atoms with E-state index in [2.05, 4.69) is 6.92 Å². The van der Waals surface area contributed by atoms with Crippen LogP contribution in [0.3, 0.4) is 0 Å². The Morgan fingerprint density at radius 1 is 1.28 bits per heavy atom. The summed E-state index contributed by atoms with van der Waals surface area (Å²) < 4.78 is 0. The maximum absolute atomic E-state index is 9.86. The summed E-state index contributed by atoms with van der Waals surface area (Å²) in [4.78, 5) is 2.04. The quantitative estimate of drug-likeness (QED) is 0.696. The first-order chi connectivity index (χ1) is 8.60. The summed E-state index contributed by atoms with van der Waals surface area (Å²) in [5, 5.41) is 28.4. The van der Waals surface area contributed by atoms with Gasteiger partial charge in [0.05, 0.1) is 12.7 Å². The average molecular weight is 253 g/mol. The highest BCUT2D eigenvalue weighted by molar-refractivity contribution is 5.53. The monoisotopic (exact) mass is 253 g/mol. The second-order valence-corrected chi connectivity index (χ2v) is 4.48. The van der Waals surface area contributed by atoms with Gasteiger partial charge in [-0.2, -0.15) is 0 Å². The number of anilines is 1. The van der Waals surface area contributed by atoms with Crippen LogP contribution < -0.4 is 4.90 Å². The van der Waals surface area contributed by atoms with Crippen molar-refractivity contribution < 1.29 is 15.3 Å². The molecule has 102 valence electrons. The Hall–Kier alpha value is -1.26. The van der Waals surface area contributed by atoms with Crippen LogP contribution in [-0.4, -0.2) is 35.0 Å². The summed E-state index contributed by atoms with van der Waals surface area (Å²) in [6, 6.07) is 5.24. The number of unbranched alkanes of at least 4 members (excludes halogenated alkanes) is 1. The van der Waals surface area contributed by atoms with Crippen LogP contribution in [0.15, 0.2) is 18.2 Å². The average Bonchev–Trinajstić information content (AvgIpc) is 2.33. The van der Waals surface area contributed by atoms with E-state index in [0.29, 0.717) is 12.1 Å². The third kappa shape index (κ3) is 3.89. The Kier molecular flexibility index (Phi) is 5.95. The summed E-state index contributed by atoms with van der Waals surface area (Å²) in [5.41, 5.74) is 1.40. The molecule has 1 rings (SSSR count). The van der Waals surface area contributed by atoms with Crippen molar-refractivity contribution in [2.75, 3.05) is 24.6 Å². The zero-order chi connectivity index (χ0) is 13.5. The van der Waals surface area contributed by atoms with E-state index < -0.39 is 6.10 Å². The second-order valence-electron chi connectivity index (χ2n) is 4.48. The topological polar surface area (TPSA) is 63.9 Å². The lowest BCUT2D eigenvalue weighted by molar-refractivity contribution is 0.195. The van der Waals surface area contributed by atoms with Gasteiger partial charge >= 0.3 is 0 Å². The van der Waals surface area contributed by atoms with Crippen LogP contribution in [0.5, 0.6) is 5.75 Å². The fourth-order valence-corrected chi connectivity index (χ4v) is 1.92. The minimum Gasteiger partial charge on any atom is -0.507 e. The first-order valence-electron chi connectivity index (χ1n) is 6.47. The Morgan fingerprint density at radius 3 is 2.50 bits per heavy atom. The van der Waals surface area contributed by atoms with Gasteiger partial charge in [0.25, 0.3) is 0 Å².